The Bertz CT molecular complexity index is 439. The topological polar surface area (TPSA) is 88.8 Å². The number of hydrogen-bond acceptors (Lipinski definition) is 4. The molecule has 0 aromatic carbocycles. The lowest BCUT2D eigenvalue weighted by molar-refractivity contribution is -0.148. The molecule has 1 aliphatic heterocycles. The van der Waals surface area contributed by atoms with Gasteiger partial charge in [0, 0.05) is 6.61 Å². The van der Waals surface area contributed by atoms with Crippen molar-refractivity contribution in [2.45, 2.75) is 25.5 Å². The summed E-state index contributed by atoms with van der Waals surface area (Å²) in [5, 5.41) is 11.5. The maximum absolute atomic E-state index is 11.8. The number of carboxylic acid groups (broad SMARTS) is 1. The Hall–Kier alpha value is -1.82. The van der Waals surface area contributed by atoms with E-state index in [1.807, 2.05) is 0 Å². The fourth-order valence-electron chi connectivity index (χ4n) is 1.79. The van der Waals surface area contributed by atoms with E-state index in [0.717, 1.165) is 0 Å². The number of carbonyl (C=O) groups is 2. The van der Waals surface area contributed by atoms with Gasteiger partial charge in [0.2, 0.25) is 0 Å². The van der Waals surface area contributed by atoms with Gasteiger partial charge in [0.15, 0.2) is 6.10 Å². The summed E-state index contributed by atoms with van der Waals surface area (Å²) in [5.41, 5.74) is 0.388. The van der Waals surface area contributed by atoms with E-state index < -0.39 is 18.1 Å². The van der Waals surface area contributed by atoms with E-state index in [2.05, 4.69) is 5.32 Å². The van der Waals surface area contributed by atoms with E-state index in [4.69, 9.17) is 14.3 Å². The van der Waals surface area contributed by atoms with Gasteiger partial charge in [-0.3, -0.25) is 4.79 Å². The fraction of sp³-hybridized carbons (Fsp3) is 0.455. The average molecular weight is 239 g/mol. The van der Waals surface area contributed by atoms with Crippen LogP contribution in [0.1, 0.15) is 22.5 Å². The maximum Gasteiger partial charge on any atom is 0.334 e. The molecule has 1 fully saturated rings. The van der Waals surface area contributed by atoms with Gasteiger partial charge in [-0.2, -0.15) is 0 Å². The van der Waals surface area contributed by atoms with Crippen molar-refractivity contribution in [3.63, 3.8) is 0 Å². The van der Waals surface area contributed by atoms with Crippen LogP contribution in [0.15, 0.2) is 16.7 Å². The molecule has 2 heterocycles. The van der Waals surface area contributed by atoms with E-state index in [0.29, 0.717) is 24.4 Å². The predicted octanol–water partition coefficient (Wildman–Crippen LogP) is 0.560. The van der Waals surface area contributed by atoms with E-state index in [-0.39, 0.29) is 5.91 Å². The molecule has 1 saturated heterocycles. The van der Waals surface area contributed by atoms with Crippen LogP contribution in [0.2, 0.25) is 0 Å². The third-order valence-electron chi connectivity index (χ3n) is 2.64. The van der Waals surface area contributed by atoms with Gasteiger partial charge in [-0.15, -0.1) is 0 Å². The Kier molecular flexibility index (Phi) is 3.14. The quantitative estimate of drug-likeness (QED) is 0.804. The highest BCUT2D eigenvalue weighted by molar-refractivity contribution is 5.94. The number of hydrogen-bond donors (Lipinski definition) is 2. The summed E-state index contributed by atoms with van der Waals surface area (Å²) in [6, 6.07) is 1.11. The van der Waals surface area contributed by atoms with E-state index in [9.17, 15) is 9.59 Å². The molecule has 0 unspecified atom stereocenters. The van der Waals surface area contributed by atoms with Crippen LogP contribution in [-0.2, 0) is 9.53 Å². The molecule has 6 heteroatoms. The highest BCUT2D eigenvalue weighted by Crippen LogP contribution is 2.15. The van der Waals surface area contributed by atoms with Crippen LogP contribution in [0.4, 0.5) is 0 Å². The molecule has 6 nitrogen and oxygen atoms in total. The van der Waals surface area contributed by atoms with E-state index in [1.54, 1.807) is 13.0 Å². The molecule has 1 amide bonds. The second-order valence-electron chi connectivity index (χ2n) is 3.94. The van der Waals surface area contributed by atoms with Crippen molar-refractivity contribution in [2.75, 3.05) is 6.61 Å². The molecule has 2 N–H and O–H groups in total. The number of carbonyl (C=O) groups excluding carboxylic acids is 1. The minimum atomic E-state index is -1.06. The molecule has 0 saturated carbocycles. The molecule has 92 valence electrons. The molecular formula is C11H13NO5. The minimum absolute atomic E-state index is 0.340. The first-order valence-electron chi connectivity index (χ1n) is 5.28. The zero-order chi connectivity index (χ0) is 12.4. The van der Waals surface area contributed by atoms with Crippen molar-refractivity contribution in [2.24, 2.45) is 0 Å². The lowest BCUT2D eigenvalue weighted by Gasteiger charge is -2.15. The Balaban J connectivity index is 2.01. The van der Waals surface area contributed by atoms with E-state index in [1.165, 1.54) is 6.26 Å². The van der Waals surface area contributed by atoms with Crippen LogP contribution in [0.3, 0.4) is 0 Å². The SMILES string of the molecule is Cc1cc(C(=O)N[C@@H]2CCO[C@@H]2C(=O)O)co1. The average Bonchev–Trinajstić information content (AvgIpc) is 2.86. The zero-order valence-corrected chi connectivity index (χ0v) is 9.30. The molecule has 0 radical (unpaired) electrons. The number of rotatable bonds is 3. The van der Waals surface area contributed by atoms with Gasteiger partial charge >= 0.3 is 5.97 Å². The second kappa shape index (κ2) is 4.58. The number of aryl methyl sites for hydroxylation is 1. The molecule has 0 aliphatic carbocycles. The summed E-state index contributed by atoms with van der Waals surface area (Å²) < 4.78 is 10.0. The van der Waals surface area contributed by atoms with E-state index >= 15 is 0 Å². The largest absolute Gasteiger partial charge is 0.479 e. The minimum Gasteiger partial charge on any atom is -0.479 e. The van der Waals surface area contributed by atoms with Crippen molar-refractivity contribution in [1.29, 1.82) is 0 Å². The summed E-state index contributed by atoms with van der Waals surface area (Å²) in [6.07, 6.45) is 0.877. The summed E-state index contributed by atoms with van der Waals surface area (Å²) in [7, 11) is 0. The molecular weight excluding hydrogens is 226 g/mol. The van der Waals surface area contributed by atoms with Gasteiger partial charge < -0.3 is 19.6 Å². The summed E-state index contributed by atoms with van der Waals surface area (Å²) in [6.45, 7) is 2.07. The van der Waals surface area contributed by atoms with Gasteiger partial charge in [0.25, 0.3) is 5.91 Å². The lowest BCUT2D eigenvalue weighted by atomic mass is 10.1. The molecule has 2 atom stereocenters. The molecule has 17 heavy (non-hydrogen) atoms. The summed E-state index contributed by atoms with van der Waals surface area (Å²) in [5.74, 6) is -0.771. The van der Waals surface area contributed by atoms with Gasteiger partial charge in [-0.05, 0) is 19.4 Å². The van der Waals surface area contributed by atoms with Crippen molar-refractivity contribution in [1.82, 2.24) is 5.32 Å². The third-order valence-corrected chi connectivity index (χ3v) is 2.64. The molecule has 1 aromatic heterocycles. The van der Waals surface area contributed by atoms with Crippen molar-refractivity contribution in [3.8, 4) is 0 Å². The van der Waals surface area contributed by atoms with Crippen molar-refractivity contribution < 1.29 is 23.8 Å². The first-order chi connectivity index (χ1) is 8.08. The number of nitrogens with one attached hydrogen (secondary N) is 1. The first kappa shape index (κ1) is 11.7. The highest BCUT2D eigenvalue weighted by atomic mass is 16.5. The Morgan fingerprint density at radius 2 is 2.29 bits per heavy atom. The van der Waals surface area contributed by atoms with Crippen LogP contribution in [0.25, 0.3) is 0 Å². The Morgan fingerprint density at radius 3 is 2.88 bits per heavy atom. The van der Waals surface area contributed by atoms with Crippen LogP contribution in [0.5, 0.6) is 0 Å². The van der Waals surface area contributed by atoms with Gasteiger partial charge in [0.1, 0.15) is 12.0 Å². The Labute approximate surface area is 97.6 Å². The molecule has 1 aromatic rings. The van der Waals surface area contributed by atoms with Gasteiger partial charge in [0.05, 0.1) is 11.6 Å². The third kappa shape index (κ3) is 2.47. The van der Waals surface area contributed by atoms with Gasteiger partial charge in [-0.25, -0.2) is 4.79 Å². The molecule has 2 rings (SSSR count). The fourth-order valence-corrected chi connectivity index (χ4v) is 1.79. The van der Waals surface area contributed by atoms with Crippen LogP contribution in [0, 0.1) is 6.92 Å². The number of aliphatic carboxylic acids is 1. The maximum atomic E-state index is 11.8. The van der Waals surface area contributed by atoms with Crippen LogP contribution >= 0.6 is 0 Å². The van der Waals surface area contributed by atoms with Crippen LogP contribution < -0.4 is 5.32 Å². The number of amides is 1. The highest BCUT2D eigenvalue weighted by Gasteiger charge is 2.35. The molecule has 0 spiro atoms. The number of carboxylic acids is 1. The smallest absolute Gasteiger partial charge is 0.334 e. The summed E-state index contributed by atoms with van der Waals surface area (Å²) in [4.78, 5) is 22.6. The monoisotopic (exact) mass is 239 g/mol. The van der Waals surface area contributed by atoms with Crippen molar-refractivity contribution in [3.05, 3.63) is 23.7 Å². The zero-order valence-electron chi connectivity index (χ0n) is 9.30. The number of ether oxygens (including phenoxy) is 1. The Morgan fingerprint density at radius 1 is 1.53 bits per heavy atom. The first-order valence-corrected chi connectivity index (χ1v) is 5.28. The second-order valence-corrected chi connectivity index (χ2v) is 3.94. The normalized spacial score (nSPS) is 23.6. The molecule has 1 aliphatic rings. The standard InChI is InChI=1S/C11H13NO5/c1-6-4-7(5-17-6)10(13)12-8-2-3-16-9(8)11(14)15/h4-5,8-9H,2-3H2,1H3,(H,12,13)(H,14,15)/t8-,9+/m1/s1. The van der Waals surface area contributed by atoms with Gasteiger partial charge in [-0.1, -0.05) is 0 Å². The lowest BCUT2D eigenvalue weighted by Crippen LogP contribution is -2.43. The molecule has 0 bridgehead atoms. The predicted molar refractivity (Wildman–Crippen MR) is 56.7 cm³/mol. The summed E-state index contributed by atoms with van der Waals surface area (Å²) >= 11 is 0. The van der Waals surface area contributed by atoms with Crippen molar-refractivity contribution >= 4 is 11.9 Å². The number of furan rings is 1. The van der Waals surface area contributed by atoms with Crippen LogP contribution in [-0.4, -0.2) is 35.7 Å².